The number of nitriles is 1. The molecule has 0 N–H and O–H groups in total. The molecule has 0 saturated carbocycles. The van der Waals surface area contributed by atoms with Crippen LogP contribution in [0.5, 0.6) is 0 Å². The Kier molecular flexibility index (Phi) is 3.56. The van der Waals surface area contributed by atoms with Crippen molar-refractivity contribution < 1.29 is 0 Å². The Balaban J connectivity index is 2.80. The van der Waals surface area contributed by atoms with Gasteiger partial charge >= 0.3 is 0 Å². The Bertz CT molecular complexity index is 306. The number of rotatable bonds is 2. The van der Waals surface area contributed by atoms with Crippen molar-refractivity contribution in [3.63, 3.8) is 0 Å². The van der Waals surface area contributed by atoms with Gasteiger partial charge in [-0.3, -0.25) is 0 Å². The molecule has 0 saturated heterocycles. The van der Waals surface area contributed by atoms with Crippen molar-refractivity contribution in [2.24, 2.45) is 0 Å². The second-order valence-electron chi connectivity index (χ2n) is 2.29. The van der Waals surface area contributed by atoms with Gasteiger partial charge in [-0.25, -0.2) is 0 Å². The summed E-state index contributed by atoms with van der Waals surface area (Å²) in [5, 5.41) is 9.38. The maximum atomic E-state index is 8.53. The van der Waals surface area contributed by atoms with E-state index >= 15 is 0 Å². The van der Waals surface area contributed by atoms with E-state index < -0.39 is 0 Å². The zero-order chi connectivity index (χ0) is 8.81. The van der Waals surface area contributed by atoms with Gasteiger partial charge in [-0.1, -0.05) is 40.2 Å². The molecule has 0 amide bonds. The molecule has 1 nitrogen and oxygen atoms in total. The minimum absolute atomic E-state index is 0.700. The molecule has 0 aliphatic heterocycles. The van der Waals surface area contributed by atoms with Gasteiger partial charge in [0.25, 0.3) is 0 Å². The molecular weight excluding hydrogens is 214 g/mol. The summed E-state index contributed by atoms with van der Waals surface area (Å²) in [7, 11) is 0. The molecule has 0 fully saturated rings. The predicted molar refractivity (Wildman–Crippen MR) is 54.0 cm³/mol. The quantitative estimate of drug-likeness (QED) is 0.705. The first-order valence-corrected chi connectivity index (χ1v) is 4.71. The topological polar surface area (TPSA) is 23.8 Å². The lowest BCUT2D eigenvalue weighted by molar-refractivity contribution is 1.48. The van der Waals surface area contributed by atoms with E-state index in [4.69, 9.17) is 5.26 Å². The minimum atomic E-state index is 0.700. The van der Waals surface area contributed by atoms with E-state index in [1.54, 1.807) is 0 Å². The molecule has 1 aromatic rings. The van der Waals surface area contributed by atoms with E-state index in [1.165, 1.54) is 0 Å². The molecule has 0 atom stereocenters. The molecule has 0 unspecified atom stereocenters. The maximum absolute atomic E-state index is 8.53. The Morgan fingerprint density at radius 3 is 2.50 bits per heavy atom. The van der Waals surface area contributed by atoms with Crippen molar-refractivity contribution in [1.29, 1.82) is 5.26 Å². The fourth-order valence-electron chi connectivity index (χ4n) is 0.849. The fraction of sp³-hybridized carbons (Fsp3) is 0.100. The molecule has 1 rings (SSSR count). The number of hydrogen-bond acceptors (Lipinski definition) is 1. The second-order valence-corrected chi connectivity index (χ2v) is 2.94. The zero-order valence-corrected chi connectivity index (χ0v) is 8.08. The maximum Gasteiger partial charge on any atom is 0.0991 e. The third kappa shape index (κ3) is 2.52. The largest absolute Gasteiger partial charge is 0.192 e. The van der Waals surface area contributed by atoms with Gasteiger partial charge in [-0.15, -0.1) is 0 Å². The lowest BCUT2D eigenvalue weighted by atomic mass is 10.1. The number of alkyl halides is 1. The van der Waals surface area contributed by atoms with Crippen LogP contribution in [0.1, 0.15) is 11.1 Å². The van der Waals surface area contributed by atoms with E-state index in [1.807, 2.05) is 36.4 Å². The molecule has 0 aliphatic carbocycles. The molecule has 0 heterocycles. The number of allylic oxidation sites excluding steroid dienone is 1. The smallest absolute Gasteiger partial charge is 0.0991 e. The summed E-state index contributed by atoms with van der Waals surface area (Å²) in [6.07, 6.45) is 4.03. The van der Waals surface area contributed by atoms with Crippen molar-refractivity contribution >= 4 is 22.0 Å². The van der Waals surface area contributed by atoms with Gasteiger partial charge in [0.2, 0.25) is 0 Å². The van der Waals surface area contributed by atoms with Gasteiger partial charge in [-0.2, -0.15) is 5.26 Å². The Hall–Kier alpha value is -1.07. The summed E-state index contributed by atoms with van der Waals surface area (Å²) in [4.78, 5) is 0. The first-order valence-electron chi connectivity index (χ1n) is 3.59. The van der Waals surface area contributed by atoms with Gasteiger partial charge in [0.1, 0.15) is 0 Å². The van der Waals surface area contributed by atoms with Crippen molar-refractivity contribution in [2.45, 2.75) is 0 Å². The summed E-state index contributed by atoms with van der Waals surface area (Å²) in [6.45, 7) is 0. The van der Waals surface area contributed by atoms with Crippen molar-refractivity contribution in [3.8, 4) is 6.07 Å². The summed E-state index contributed by atoms with van der Waals surface area (Å²) in [5.41, 5.74) is 1.82. The Labute approximate surface area is 80.5 Å². The minimum Gasteiger partial charge on any atom is -0.192 e. The predicted octanol–water partition coefficient (Wildman–Crippen LogP) is 2.97. The average Bonchev–Trinajstić information content (AvgIpc) is 2.15. The van der Waals surface area contributed by atoms with E-state index in [0.29, 0.717) is 5.56 Å². The highest BCUT2D eigenvalue weighted by Gasteiger charge is 1.87. The third-order valence-electron chi connectivity index (χ3n) is 1.44. The number of nitrogens with zero attached hydrogens (tertiary/aromatic N) is 1. The van der Waals surface area contributed by atoms with Gasteiger partial charge in [0.15, 0.2) is 0 Å². The highest BCUT2D eigenvalue weighted by Crippen LogP contribution is 2.05. The molecule has 60 valence electrons. The normalized spacial score (nSPS) is 10.0. The van der Waals surface area contributed by atoms with Crippen molar-refractivity contribution in [1.82, 2.24) is 0 Å². The van der Waals surface area contributed by atoms with Gasteiger partial charge in [0.05, 0.1) is 11.6 Å². The molecule has 2 heteroatoms. The standard InChI is InChI=1S/C10H8BrN/c11-7-1-2-9-3-5-10(8-12)6-4-9/h1-6H,7H2/b2-1+. The van der Waals surface area contributed by atoms with Crippen LogP contribution in [0.2, 0.25) is 0 Å². The van der Waals surface area contributed by atoms with Crippen molar-refractivity contribution in [3.05, 3.63) is 41.5 Å². The monoisotopic (exact) mass is 221 g/mol. The van der Waals surface area contributed by atoms with E-state index in [0.717, 1.165) is 10.9 Å². The van der Waals surface area contributed by atoms with E-state index in [9.17, 15) is 0 Å². The Morgan fingerprint density at radius 2 is 2.00 bits per heavy atom. The van der Waals surface area contributed by atoms with E-state index in [-0.39, 0.29) is 0 Å². The first kappa shape index (κ1) is 9.02. The molecule has 0 spiro atoms. The van der Waals surface area contributed by atoms with Gasteiger partial charge < -0.3 is 0 Å². The summed E-state index contributed by atoms with van der Waals surface area (Å²) in [6, 6.07) is 9.56. The van der Waals surface area contributed by atoms with Crippen LogP contribution in [0, 0.1) is 11.3 Å². The van der Waals surface area contributed by atoms with Crippen LogP contribution in [0.15, 0.2) is 30.3 Å². The zero-order valence-electron chi connectivity index (χ0n) is 6.50. The Morgan fingerprint density at radius 1 is 1.33 bits per heavy atom. The highest BCUT2D eigenvalue weighted by atomic mass is 79.9. The molecule has 1 aromatic carbocycles. The number of benzene rings is 1. The third-order valence-corrected chi connectivity index (χ3v) is 1.81. The number of halogens is 1. The molecule has 12 heavy (non-hydrogen) atoms. The summed E-state index contributed by atoms with van der Waals surface area (Å²) in [5.74, 6) is 0. The SMILES string of the molecule is N#Cc1ccc(/C=C/CBr)cc1. The fourth-order valence-corrected chi connectivity index (χ4v) is 1.04. The van der Waals surface area contributed by atoms with Crippen molar-refractivity contribution in [2.75, 3.05) is 5.33 Å². The lowest BCUT2D eigenvalue weighted by Crippen LogP contribution is -1.74. The van der Waals surface area contributed by atoms with Crippen LogP contribution in [0.4, 0.5) is 0 Å². The molecule has 0 aromatic heterocycles. The van der Waals surface area contributed by atoms with Crippen LogP contribution in [-0.4, -0.2) is 5.33 Å². The van der Waals surface area contributed by atoms with Crippen LogP contribution >= 0.6 is 15.9 Å². The van der Waals surface area contributed by atoms with Crippen LogP contribution < -0.4 is 0 Å². The summed E-state index contributed by atoms with van der Waals surface area (Å²) >= 11 is 3.30. The molecule has 0 aliphatic rings. The highest BCUT2D eigenvalue weighted by molar-refractivity contribution is 9.09. The molecular formula is C10H8BrN. The number of hydrogen-bond donors (Lipinski definition) is 0. The van der Waals surface area contributed by atoms with Gasteiger partial charge in [0, 0.05) is 5.33 Å². The van der Waals surface area contributed by atoms with Crippen LogP contribution in [0.3, 0.4) is 0 Å². The second kappa shape index (κ2) is 4.74. The van der Waals surface area contributed by atoms with Crippen LogP contribution in [-0.2, 0) is 0 Å². The van der Waals surface area contributed by atoms with E-state index in [2.05, 4.69) is 22.0 Å². The molecule has 0 bridgehead atoms. The molecule has 0 radical (unpaired) electrons. The van der Waals surface area contributed by atoms with Gasteiger partial charge in [-0.05, 0) is 17.7 Å². The van der Waals surface area contributed by atoms with Crippen LogP contribution in [0.25, 0.3) is 6.08 Å². The lowest BCUT2D eigenvalue weighted by Gasteiger charge is -1.91. The first-order chi connectivity index (χ1) is 5.86. The summed E-state index contributed by atoms with van der Waals surface area (Å²) < 4.78 is 0. The average molecular weight is 222 g/mol.